The quantitative estimate of drug-likeness (QED) is 0.835. The smallest absolute Gasteiger partial charge is 0.123 e. The van der Waals surface area contributed by atoms with Crippen LogP contribution in [-0.2, 0) is 6.54 Å². The summed E-state index contributed by atoms with van der Waals surface area (Å²) < 4.78 is 5.41. The van der Waals surface area contributed by atoms with Gasteiger partial charge in [0.05, 0.1) is 7.11 Å². The minimum absolute atomic E-state index is 0.857. The molecule has 1 fully saturated rings. The van der Waals surface area contributed by atoms with Crippen molar-refractivity contribution in [2.45, 2.75) is 24.6 Å². The summed E-state index contributed by atoms with van der Waals surface area (Å²) in [5, 5.41) is 4.28. The molecule has 0 aliphatic carbocycles. The Balaban J connectivity index is 1.70. The van der Waals surface area contributed by atoms with Gasteiger partial charge < -0.3 is 15.0 Å². The fraction of sp³-hybridized carbons (Fsp3) is 0.625. The number of hydrogen-bond acceptors (Lipinski definition) is 4. The SMILES string of the molecule is COc1ccccc1CN(C)CCSC1CCNCC1. The minimum atomic E-state index is 0.857. The molecule has 4 heteroatoms. The van der Waals surface area contributed by atoms with E-state index in [-0.39, 0.29) is 0 Å². The Morgan fingerprint density at radius 2 is 2.05 bits per heavy atom. The third-order valence-electron chi connectivity index (χ3n) is 3.75. The van der Waals surface area contributed by atoms with E-state index in [1.807, 2.05) is 12.1 Å². The molecule has 0 spiro atoms. The van der Waals surface area contributed by atoms with Gasteiger partial charge in [0.1, 0.15) is 5.75 Å². The third kappa shape index (κ3) is 5.00. The van der Waals surface area contributed by atoms with E-state index in [1.165, 1.54) is 37.2 Å². The van der Waals surface area contributed by atoms with Gasteiger partial charge in [-0.15, -0.1) is 0 Å². The van der Waals surface area contributed by atoms with Crippen molar-refractivity contribution in [3.63, 3.8) is 0 Å². The zero-order valence-corrected chi connectivity index (χ0v) is 13.4. The number of ether oxygens (including phenoxy) is 1. The van der Waals surface area contributed by atoms with Gasteiger partial charge in [-0.25, -0.2) is 0 Å². The Bertz CT molecular complexity index is 394. The van der Waals surface area contributed by atoms with E-state index < -0.39 is 0 Å². The van der Waals surface area contributed by atoms with Gasteiger partial charge in [-0.2, -0.15) is 11.8 Å². The number of hydrogen-bond donors (Lipinski definition) is 1. The number of piperidine rings is 1. The Morgan fingerprint density at radius 3 is 2.80 bits per heavy atom. The number of rotatable bonds is 7. The molecule has 1 aliphatic rings. The van der Waals surface area contributed by atoms with Crippen LogP contribution in [0.5, 0.6) is 5.75 Å². The first-order valence-corrected chi connectivity index (χ1v) is 8.47. The molecule has 0 bridgehead atoms. The average molecular weight is 294 g/mol. The summed E-state index contributed by atoms with van der Waals surface area (Å²) in [6, 6.07) is 8.28. The monoisotopic (exact) mass is 294 g/mol. The van der Waals surface area contributed by atoms with Crippen molar-refractivity contribution in [2.24, 2.45) is 0 Å². The summed E-state index contributed by atoms with van der Waals surface area (Å²) in [6.45, 7) is 4.47. The molecule has 2 rings (SSSR count). The van der Waals surface area contributed by atoms with E-state index in [1.54, 1.807) is 7.11 Å². The van der Waals surface area contributed by atoms with Gasteiger partial charge in [-0.3, -0.25) is 0 Å². The van der Waals surface area contributed by atoms with Gasteiger partial charge in [0.25, 0.3) is 0 Å². The van der Waals surface area contributed by atoms with Crippen molar-refractivity contribution in [2.75, 3.05) is 39.5 Å². The van der Waals surface area contributed by atoms with E-state index in [4.69, 9.17) is 4.74 Å². The lowest BCUT2D eigenvalue weighted by Gasteiger charge is -2.23. The van der Waals surface area contributed by atoms with E-state index >= 15 is 0 Å². The molecule has 1 aliphatic heterocycles. The summed E-state index contributed by atoms with van der Waals surface area (Å²) in [4.78, 5) is 2.38. The number of para-hydroxylation sites is 1. The first-order valence-electron chi connectivity index (χ1n) is 7.42. The van der Waals surface area contributed by atoms with Crippen molar-refractivity contribution >= 4 is 11.8 Å². The highest BCUT2D eigenvalue weighted by atomic mass is 32.2. The molecular weight excluding hydrogens is 268 g/mol. The van der Waals surface area contributed by atoms with Crippen LogP contribution in [-0.4, -0.2) is 49.7 Å². The average Bonchev–Trinajstić information content (AvgIpc) is 2.49. The highest BCUT2D eigenvalue weighted by Gasteiger charge is 2.13. The lowest BCUT2D eigenvalue weighted by Crippen LogP contribution is -2.30. The molecule has 1 aromatic carbocycles. The third-order valence-corrected chi connectivity index (χ3v) is 5.11. The molecule has 20 heavy (non-hydrogen) atoms. The van der Waals surface area contributed by atoms with Crippen LogP contribution in [0.3, 0.4) is 0 Å². The van der Waals surface area contributed by atoms with Gasteiger partial charge >= 0.3 is 0 Å². The second-order valence-corrected chi connectivity index (χ2v) is 6.78. The van der Waals surface area contributed by atoms with E-state index in [9.17, 15) is 0 Å². The molecule has 1 heterocycles. The van der Waals surface area contributed by atoms with Crippen molar-refractivity contribution in [3.8, 4) is 5.75 Å². The van der Waals surface area contributed by atoms with Crippen molar-refractivity contribution in [3.05, 3.63) is 29.8 Å². The Morgan fingerprint density at radius 1 is 1.30 bits per heavy atom. The Hall–Kier alpha value is -0.710. The molecule has 1 N–H and O–H groups in total. The lowest BCUT2D eigenvalue weighted by molar-refractivity contribution is 0.335. The fourth-order valence-electron chi connectivity index (χ4n) is 2.54. The molecule has 3 nitrogen and oxygen atoms in total. The second kappa shape index (κ2) is 8.55. The molecular formula is C16H26N2OS. The largest absolute Gasteiger partial charge is 0.496 e. The summed E-state index contributed by atoms with van der Waals surface area (Å²) in [6.07, 6.45) is 2.64. The van der Waals surface area contributed by atoms with Crippen LogP contribution >= 0.6 is 11.8 Å². The van der Waals surface area contributed by atoms with Crippen molar-refractivity contribution in [1.29, 1.82) is 0 Å². The van der Waals surface area contributed by atoms with Gasteiger partial charge in [0.15, 0.2) is 0 Å². The number of thioether (sulfide) groups is 1. The van der Waals surface area contributed by atoms with Crippen LogP contribution in [0.25, 0.3) is 0 Å². The molecule has 1 aromatic rings. The predicted octanol–water partition coefficient (Wildman–Crippen LogP) is 2.61. The van der Waals surface area contributed by atoms with Crippen molar-refractivity contribution in [1.82, 2.24) is 10.2 Å². The molecule has 0 amide bonds. The highest BCUT2D eigenvalue weighted by Crippen LogP contribution is 2.21. The summed E-state index contributed by atoms with van der Waals surface area (Å²) >= 11 is 2.13. The number of methoxy groups -OCH3 is 1. The van der Waals surface area contributed by atoms with Gasteiger partial charge in [0, 0.05) is 29.7 Å². The van der Waals surface area contributed by atoms with Gasteiger partial charge in [-0.05, 0) is 39.0 Å². The molecule has 1 saturated heterocycles. The zero-order chi connectivity index (χ0) is 14.2. The number of nitrogens with one attached hydrogen (secondary N) is 1. The molecule has 0 atom stereocenters. The second-order valence-electron chi connectivity index (χ2n) is 5.37. The topological polar surface area (TPSA) is 24.5 Å². The lowest BCUT2D eigenvalue weighted by atomic mass is 10.2. The maximum Gasteiger partial charge on any atom is 0.123 e. The molecule has 112 valence electrons. The van der Waals surface area contributed by atoms with Gasteiger partial charge in [0.2, 0.25) is 0 Å². The first kappa shape index (κ1) is 15.7. The standard InChI is InChI=1S/C16H26N2OS/c1-18(11-12-20-15-7-9-17-10-8-15)13-14-5-3-4-6-16(14)19-2/h3-6,15,17H,7-13H2,1-2H3. The Labute approximate surface area is 127 Å². The molecule has 0 aromatic heterocycles. The summed E-state index contributed by atoms with van der Waals surface area (Å²) in [5.74, 6) is 2.21. The van der Waals surface area contributed by atoms with Crippen LogP contribution in [0, 0.1) is 0 Å². The first-order chi connectivity index (χ1) is 9.79. The predicted molar refractivity (Wildman–Crippen MR) is 87.7 cm³/mol. The van der Waals surface area contributed by atoms with Crippen LogP contribution in [0.15, 0.2) is 24.3 Å². The highest BCUT2D eigenvalue weighted by molar-refractivity contribution is 7.99. The van der Waals surface area contributed by atoms with Crippen LogP contribution in [0.2, 0.25) is 0 Å². The summed E-state index contributed by atoms with van der Waals surface area (Å²) in [7, 11) is 3.93. The minimum Gasteiger partial charge on any atom is -0.496 e. The summed E-state index contributed by atoms with van der Waals surface area (Å²) in [5.41, 5.74) is 1.27. The van der Waals surface area contributed by atoms with Crippen LogP contribution in [0.4, 0.5) is 0 Å². The van der Waals surface area contributed by atoms with E-state index in [0.29, 0.717) is 0 Å². The number of nitrogens with zero attached hydrogens (tertiary/aromatic N) is 1. The van der Waals surface area contributed by atoms with Crippen LogP contribution in [0.1, 0.15) is 18.4 Å². The maximum absolute atomic E-state index is 5.41. The maximum atomic E-state index is 5.41. The van der Waals surface area contributed by atoms with E-state index in [2.05, 4.69) is 41.2 Å². The van der Waals surface area contributed by atoms with Crippen molar-refractivity contribution < 1.29 is 4.74 Å². The molecule has 0 radical (unpaired) electrons. The van der Waals surface area contributed by atoms with E-state index in [0.717, 1.165) is 24.1 Å². The number of benzene rings is 1. The van der Waals surface area contributed by atoms with Crippen LogP contribution < -0.4 is 10.1 Å². The Kier molecular flexibility index (Phi) is 6.70. The normalized spacial score (nSPS) is 16.6. The van der Waals surface area contributed by atoms with Gasteiger partial charge in [-0.1, -0.05) is 18.2 Å². The fourth-order valence-corrected chi connectivity index (χ4v) is 3.86. The zero-order valence-electron chi connectivity index (χ0n) is 12.6. The molecule has 0 unspecified atom stereocenters. The molecule has 0 saturated carbocycles.